The highest BCUT2D eigenvalue weighted by Crippen LogP contribution is 2.20. The summed E-state index contributed by atoms with van der Waals surface area (Å²) in [7, 11) is 0. The van der Waals surface area contributed by atoms with E-state index in [1.807, 2.05) is 0 Å². The molecule has 1 aromatic carbocycles. The molecule has 23 heavy (non-hydrogen) atoms. The van der Waals surface area contributed by atoms with Gasteiger partial charge in [-0.15, -0.1) is 11.6 Å². The second-order valence-electron chi connectivity index (χ2n) is 4.75. The molecular weight excluding hydrogens is 339 g/mol. The van der Waals surface area contributed by atoms with Gasteiger partial charge in [0.1, 0.15) is 11.1 Å². The van der Waals surface area contributed by atoms with Crippen molar-refractivity contribution in [3.8, 4) is 0 Å². The number of rotatable bonds is 3. The van der Waals surface area contributed by atoms with E-state index in [-0.39, 0.29) is 10.7 Å². The fourth-order valence-electron chi connectivity index (χ4n) is 2.08. The molecular formula is C16H10Cl2N2O3. The van der Waals surface area contributed by atoms with Crippen LogP contribution in [0.5, 0.6) is 0 Å². The Kier molecular flexibility index (Phi) is 4.32. The van der Waals surface area contributed by atoms with E-state index in [1.54, 1.807) is 30.3 Å². The minimum atomic E-state index is -0.728. The normalized spacial score (nSPS) is 10.7. The van der Waals surface area contributed by atoms with E-state index in [4.69, 9.17) is 27.6 Å². The van der Waals surface area contributed by atoms with Gasteiger partial charge < -0.3 is 9.73 Å². The molecule has 0 bridgehead atoms. The quantitative estimate of drug-likeness (QED) is 0.443. The van der Waals surface area contributed by atoms with Gasteiger partial charge >= 0.3 is 5.63 Å². The van der Waals surface area contributed by atoms with Crippen molar-refractivity contribution < 1.29 is 9.21 Å². The lowest BCUT2D eigenvalue weighted by molar-refractivity contribution is 0.102. The van der Waals surface area contributed by atoms with Gasteiger partial charge in [-0.05, 0) is 35.9 Å². The lowest BCUT2D eigenvalue weighted by Crippen LogP contribution is -2.20. The zero-order valence-corrected chi connectivity index (χ0v) is 13.2. The van der Waals surface area contributed by atoms with Crippen molar-refractivity contribution in [2.75, 3.05) is 5.32 Å². The van der Waals surface area contributed by atoms with Crippen molar-refractivity contribution in [3.63, 3.8) is 0 Å². The summed E-state index contributed by atoms with van der Waals surface area (Å²) in [6, 6.07) is 9.84. The molecule has 0 aliphatic heterocycles. The van der Waals surface area contributed by atoms with E-state index in [1.165, 1.54) is 12.3 Å². The van der Waals surface area contributed by atoms with Gasteiger partial charge in [0.15, 0.2) is 5.15 Å². The Labute approximate surface area is 140 Å². The molecule has 0 spiro atoms. The van der Waals surface area contributed by atoms with Crippen LogP contribution < -0.4 is 10.9 Å². The van der Waals surface area contributed by atoms with E-state index in [2.05, 4.69) is 10.3 Å². The zero-order valence-electron chi connectivity index (χ0n) is 11.7. The van der Waals surface area contributed by atoms with Crippen LogP contribution in [0.1, 0.15) is 15.9 Å². The van der Waals surface area contributed by atoms with Gasteiger partial charge in [0.05, 0.1) is 5.69 Å². The molecule has 7 heteroatoms. The highest BCUT2D eigenvalue weighted by Gasteiger charge is 2.15. The Balaban J connectivity index is 2.01. The first kappa shape index (κ1) is 15.5. The number of pyridine rings is 1. The van der Waals surface area contributed by atoms with Crippen molar-refractivity contribution in [2.24, 2.45) is 0 Å². The number of nitrogens with zero attached hydrogens (tertiary/aromatic N) is 1. The number of hydrogen-bond acceptors (Lipinski definition) is 4. The summed E-state index contributed by atoms with van der Waals surface area (Å²) in [6.07, 6.45) is 1.50. The maximum absolute atomic E-state index is 12.3. The monoisotopic (exact) mass is 348 g/mol. The third kappa shape index (κ3) is 3.21. The van der Waals surface area contributed by atoms with E-state index in [0.29, 0.717) is 22.5 Å². The summed E-state index contributed by atoms with van der Waals surface area (Å²) in [5.74, 6) is -0.297. The molecule has 0 radical (unpaired) electrons. The molecule has 1 amide bonds. The average Bonchev–Trinajstić information content (AvgIpc) is 2.55. The molecule has 1 N–H and O–H groups in total. The molecule has 3 aromatic rings. The number of anilines is 1. The molecule has 0 fully saturated rings. The van der Waals surface area contributed by atoms with E-state index >= 15 is 0 Å². The topological polar surface area (TPSA) is 72.2 Å². The van der Waals surface area contributed by atoms with Crippen LogP contribution in [0.25, 0.3) is 11.0 Å². The van der Waals surface area contributed by atoms with Gasteiger partial charge in [0.2, 0.25) is 0 Å². The van der Waals surface area contributed by atoms with Crippen molar-refractivity contribution >= 4 is 45.8 Å². The number of nitrogens with one attached hydrogen (secondary N) is 1. The lowest BCUT2D eigenvalue weighted by atomic mass is 10.1. The zero-order chi connectivity index (χ0) is 16.4. The Morgan fingerprint density at radius 1 is 1.26 bits per heavy atom. The molecule has 0 unspecified atom stereocenters. The minimum absolute atomic E-state index is 0.121. The van der Waals surface area contributed by atoms with Crippen LogP contribution in [0.4, 0.5) is 5.69 Å². The number of carbonyl (C=O) groups is 1. The number of fused-ring (bicyclic) bond motifs is 1. The van der Waals surface area contributed by atoms with Crippen molar-refractivity contribution in [1.29, 1.82) is 0 Å². The summed E-state index contributed by atoms with van der Waals surface area (Å²) < 4.78 is 5.17. The SMILES string of the molecule is O=C(Nc1cccnc1Cl)c1cc2cc(CCl)ccc2oc1=O. The first-order valence-electron chi connectivity index (χ1n) is 6.63. The molecule has 0 atom stereocenters. The number of alkyl halides is 1. The summed E-state index contributed by atoms with van der Waals surface area (Å²) in [4.78, 5) is 28.2. The third-order valence-corrected chi connectivity index (χ3v) is 3.81. The fraction of sp³-hybridized carbons (Fsp3) is 0.0625. The number of hydrogen-bond donors (Lipinski definition) is 1. The molecule has 116 valence electrons. The van der Waals surface area contributed by atoms with Crippen LogP contribution in [0.3, 0.4) is 0 Å². The Morgan fingerprint density at radius 3 is 2.83 bits per heavy atom. The van der Waals surface area contributed by atoms with E-state index in [9.17, 15) is 9.59 Å². The molecule has 2 heterocycles. The summed E-state index contributed by atoms with van der Waals surface area (Å²) >= 11 is 11.7. The van der Waals surface area contributed by atoms with Gasteiger partial charge in [0, 0.05) is 17.5 Å². The van der Waals surface area contributed by atoms with Gasteiger partial charge in [0.25, 0.3) is 5.91 Å². The molecule has 3 rings (SSSR count). The number of aromatic nitrogens is 1. The molecule has 5 nitrogen and oxygen atoms in total. The van der Waals surface area contributed by atoms with Crippen LogP contribution in [0.2, 0.25) is 5.15 Å². The predicted molar refractivity (Wildman–Crippen MR) is 89.2 cm³/mol. The average molecular weight is 349 g/mol. The summed E-state index contributed by atoms with van der Waals surface area (Å²) in [5, 5.41) is 3.29. The van der Waals surface area contributed by atoms with Crippen molar-refractivity contribution in [3.05, 3.63) is 69.3 Å². The van der Waals surface area contributed by atoms with Gasteiger partial charge in [-0.25, -0.2) is 9.78 Å². The lowest BCUT2D eigenvalue weighted by Gasteiger charge is -2.06. The molecule has 0 saturated heterocycles. The van der Waals surface area contributed by atoms with E-state index < -0.39 is 11.5 Å². The maximum Gasteiger partial charge on any atom is 0.349 e. The third-order valence-electron chi connectivity index (χ3n) is 3.20. The highest BCUT2D eigenvalue weighted by molar-refractivity contribution is 6.32. The summed E-state index contributed by atoms with van der Waals surface area (Å²) in [5.41, 5.74) is 0.709. The second kappa shape index (κ2) is 6.40. The first-order valence-corrected chi connectivity index (χ1v) is 7.54. The molecule has 0 saturated carbocycles. The first-order chi connectivity index (χ1) is 11.1. The smallest absolute Gasteiger partial charge is 0.349 e. The van der Waals surface area contributed by atoms with Gasteiger partial charge in [-0.2, -0.15) is 0 Å². The van der Waals surface area contributed by atoms with Crippen molar-refractivity contribution in [1.82, 2.24) is 4.98 Å². The van der Waals surface area contributed by atoms with Gasteiger partial charge in [-0.1, -0.05) is 17.7 Å². The van der Waals surface area contributed by atoms with Crippen LogP contribution in [-0.2, 0) is 5.88 Å². The highest BCUT2D eigenvalue weighted by atomic mass is 35.5. The number of halogens is 2. The number of carbonyl (C=O) groups excluding carboxylic acids is 1. The maximum atomic E-state index is 12.3. The van der Waals surface area contributed by atoms with Crippen LogP contribution in [0.15, 0.2) is 51.8 Å². The molecule has 0 aliphatic rings. The largest absolute Gasteiger partial charge is 0.422 e. The fourth-order valence-corrected chi connectivity index (χ4v) is 2.42. The Hall–Kier alpha value is -2.37. The Morgan fingerprint density at radius 2 is 2.09 bits per heavy atom. The van der Waals surface area contributed by atoms with Crippen LogP contribution in [-0.4, -0.2) is 10.9 Å². The number of benzene rings is 1. The Bertz CT molecular complexity index is 953. The van der Waals surface area contributed by atoms with E-state index in [0.717, 1.165) is 5.56 Å². The number of amides is 1. The van der Waals surface area contributed by atoms with Crippen LogP contribution in [0, 0.1) is 0 Å². The predicted octanol–water partition coefficient (Wildman–Crippen LogP) is 3.83. The molecule has 0 aliphatic carbocycles. The summed E-state index contributed by atoms with van der Waals surface area (Å²) in [6.45, 7) is 0. The minimum Gasteiger partial charge on any atom is -0.422 e. The van der Waals surface area contributed by atoms with Crippen molar-refractivity contribution in [2.45, 2.75) is 5.88 Å². The van der Waals surface area contributed by atoms with Crippen LogP contribution >= 0.6 is 23.2 Å². The standard InChI is InChI=1S/C16H10Cl2N2O3/c17-8-9-3-4-13-10(6-9)7-11(16(22)23-13)15(21)20-12-2-1-5-19-14(12)18/h1-7H,8H2,(H,20,21). The second-order valence-corrected chi connectivity index (χ2v) is 5.37. The van der Waals surface area contributed by atoms with Gasteiger partial charge in [-0.3, -0.25) is 4.79 Å². The molecule has 2 aromatic heterocycles.